The average molecular weight is 403 g/mol. The van der Waals surface area contributed by atoms with Crippen LogP contribution in [-0.4, -0.2) is 39.7 Å². The molecule has 0 bridgehead atoms. The van der Waals surface area contributed by atoms with Crippen molar-refractivity contribution in [3.63, 3.8) is 0 Å². The van der Waals surface area contributed by atoms with Crippen LogP contribution >= 0.6 is 0 Å². The highest BCUT2D eigenvalue weighted by molar-refractivity contribution is 5.95. The van der Waals surface area contributed by atoms with E-state index in [9.17, 15) is 4.79 Å². The molecule has 1 N–H and O–H groups in total. The third-order valence-corrected chi connectivity index (χ3v) is 5.79. The predicted molar refractivity (Wildman–Crippen MR) is 119 cm³/mol. The van der Waals surface area contributed by atoms with Crippen molar-refractivity contribution in [2.75, 3.05) is 13.1 Å². The molecular formula is C25H30N4O. The lowest BCUT2D eigenvalue weighted by Gasteiger charge is -2.33. The summed E-state index contributed by atoms with van der Waals surface area (Å²) >= 11 is 0. The summed E-state index contributed by atoms with van der Waals surface area (Å²) in [6, 6.07) is 21.0. The van der Waals surface area contributed by atoms with E-state index < -0.39 is 0 Å². The van der Waals surface area contributed by atoms with E-state index in [0.29, 0.717) is 12.1 Å². The fourth-order valence-electron chi connectivity index (χ4n) is 4.29. The summed E-state index contributed by atoms with van der Waals surface area (Å²) in [5.41, 5.74) is 4.20. The number of aromatic nitrogens is 2. The van der Waals surface area contributed by atoms with Gasteiger partial charge in [-0.2, -0.15) is 5.10 Å². The van der Waals surface area contributed by atoms with Crippen LogP contribution in [0.3, 0.4) is 0 Å². The van der Waals surface area contributed by atoms with Gasteiger partial charge in [-0.05, 0) is 36.9 Å². The first kappa shape index (κ1) is 20.4. The van der Waals surface area contributed by atoms with Gasteiger partial charge in [0.25, 0.3) is 5.91 Å². The summed E-state index contributed by atoms with van der Waals surface area (Å²) < 4.78 is 1.95. The molecule has 2 heterocycles. The number of rotatable bonds is 7. The van der Waals surface area contributed by atoms with Crippen LogP contribution < -0.4 is 5.32 Å². The van der Waals surface area contributed by atoms with Crippen LogP contribution in [0.25, 0.3) is 0 Å². The van der Waals surface area contributed by atoms with Gasteiger partial charge in [0.05, 0.1) is 24.0 Å². The molecule has 5 heteroatoms. The number of benzene rings is 2. The van der Waals surface area contributed by atoms with Gasteiger partial charge in [-0.1, -0.05) is 67.6 Å². The second-order valence-electron chi connectivity index (χ2n) is 8.04. The van der Waals surface area contributed by atoms with Gasteiger partial charge < -0.3 is 5.32 Å². The number of piperidine rings is 1. The molecule has 4 rings (SSSR count). The smallest absolute Gasteiger partial charge is 0.255 e. The number of nitrogens with one attached hydrogen (secondary N) is 1. The zero-order valence-corrected chi connectivity index (χ0v) is 17.6. The second-order valence-corrected chi connectivity index (χ2v) is 8.04. The van der Waals surface area contributed by atoms with Gasteiger partial charge in [0.1, 0.15) is 0 Å². The van der Waals surface area contributed by atoms with E-state index in [1.165, 1.54) is 11.1 Å². The highest BCUT2D eigenvalue weighted by Gasteiger charge is 2.24. The predicted octanol–water partition coefficient (Wildman–Crippen LogP) is 3.89. The first-order valence-electron chi connectivity index (χ1n) is 10.9. The molecule has 1 aliphatic heterocycles. The summed E-state index contributed by atoms with van der Waals surface area (Å²) in [4.78, 5) is 15.5. The molecule has 0 aliphatic carbocycles. The standard InChI is InChI=1S/C25H30N4O/c1-2-24-23(16-26-29(24)18-21-12-7-4-8-13-21)25(30)27-22-14-9-15-28(19-22)17-20-10-5-3-6-11-20/h3-8,10-13,16,22H,2,9,14-15,17-19H2,1H3,(H,27,30). The number of amides is 1. The molecule has 0 spiro atoms. The van der Waals surface area contributed by atoms with Crippen molar-refractivity contribution in [3.05, 3.63) is 89.2 Å². The number of hydrogen-bond acceptors (Lipinski definition) is 3. The van der Waals surface area contributed by atoms with Crippen molar-refractivity contribution >= 4 is 5.91 Å². The first-order valence-corrected chi connectivity index (χ1v) is 10.9. The van der Waals surface area contributed by atoms with Crippen LogP contribution in [0.4, 0.5) is 0 Å². The Bertz CT molecular complexity index is 952. The average Bonchev–Trinajstić information content (AvgIpc) is 3.18. The summed E-state index contributed by atoms with van der Waals surface area (Å²) in [7, 11) is 0. The van der Waals surface area contributed by atoms with Crippen molar-refractivity contribution in [1.82, 2.24) is 20.0 Å². The number of carbonyl (C=O) groups is 1. The lowest BCUT2D eigenvalue weighted by atomic mass is 10.0. The van der Waals surface area contributed by atoms with Crippen molar-refractivity contribution in [2.24, 2.45) is 0 Å². The van der Waals surface area contributed by atoms with Crippen molar-refractivity contribution in [3.8, 4) is 0 Å². The fraction of sp³-hybridized carbons (Fsp3) is 0.360. The number of nitrogens with zero attached hydrogens (tertiary/aromatic N) is 3. The van der Waals surface area contributed by atoms with Gasteiger partial charge >= 0.3 is 0 Å². The van der Waals surface area contributed by atoms with Crippen LogP contribution in [-0.2, 0) is 19.5 Å². The van der Waals surface area contributed by atoms with E-state index >= 15 is 0 Å². The molecule has 1 fully saturated rings. The Balaban J connectivity index is 1.39. The lowest BCUT2D eigenvalue weighted by molar-refractivity contribution is 0.0899. The van der Waals surface area contributed by atoms with Gasteiger partial charge in [-0.25, -0.2) is 0 Å². The van der Waals surface area contributed by atoms with Gasteiger partial charge in [-0.3, -0.25) is 14.4 Å². The minimum absolute atomic E-state index is 0.00211. The Hall–Kier alpha value is -2.92. The monoisotopic (exact) mass is 402 g/mol. The Morgan fingerprint density at radius 3 is 2.37 bits per heavy atom. The fourth-order valence-corrected chi connectivity index (χ4v) is 4.29. The SMILES string of the molecule is CCc1c(C(=O)NC2CCCN(Cc3ccccc3)C2)cnn1Cc1ccccc1. The van der Waals surface area contributed by atoms with Crippen molar-refractivity contribution in [1.29, 1.82) is 0 Å². The molecule has 2 aromatic carbocycles. The largest absolute Gasteiger partial charge is 0.348 e. The molecule has 1 unspecified atom stereocenters. The molecule has 1 aliphatic rings. The third kappa shape index (κ3) is 4.97. The molecule has 3 aromatic rings. The summed E-state index contributed by atoms with van der Waals surface area (Å²) in [5, 5.41) is 7.78. The van der Waals surface area contributed by atoms with Crippen LogP contribution in [0.2, 0.25) is 0 Å². The highest BCUT2D eigenvalue weighted by atomic mass is 16.1. The minimum atomic E-state index is -0.00211. The minimum Gasteiger partial charge on any atom is -0.348 e. The number of carbonyl (C=O) groups excluding carboxylic acids is 1. The van der Waals surface area contributed by atoms with E-state index in [0.717, 1.165) is 44.6 Å². The van der Waals surface area contributed by atoms with Crippen LogP contribution in [0.15, 0.2) is 66.9 Å². The number of likely N-dealkylation sites (tertiary alicyclic amines) is 1. The number of hydrogen-bond donors (Lipinski definition) is 1. The Labute approximate surface area is 178 Å². The Morgan fingerprint density at radius 1 is 1.03 bits per heavy atom. The molecule has 1 atom stereocenters. The summed E-state index contributed by atoms with van der Waals surface area (Å²) in [6.07, 6.45) is 4.63. The van der Waals surface area contributed by atoms with E-state index in [-0.39, 0.29) is 11.9 Å². The van der Waals surface area contributed by atoms with E-state index in [2.05, 4.69) is 58.6 Å². The van der Waals surface area contributed by atoms with Gasteiger partial charge in [0.15, 0.2) is 0 Å². The van der Waals surface area contributed by atoms with Crippen LogP contribution in [0.1, 0.15) is 46.9 Å². The Morgan fingerprint density at radius 2 is 1.70 bits per heavy atom. The molecule has 156 valence electrons. The molecule has 0 radical (unpaired) electrons. The second kappa shape index (κ2) is 9.72. The maximum absolute atomic E-state index is 13.0. The summed E-state index contributed by atoms with van der Waals surface area (Å²) in [5.74, 6) is -0.00211. The molecule has 1 amide bonds. The molecule has 0 saturated carbocycles. The lowest BCUT2D eigenvalue weighted by Crippen LogP contribution is -2.47. The van der Waals surface area contributed by atoms with Crippen LogP contribution in [0.5, 0.6) is 0 Å². The quantitative estimate of drug-likeness (QED) is 0.652. The Kier molecular flexibility index (Phi) is 6.60. The molecule has 5 nitrogen and oxygen atoms in total. The van der Waals surface area contributed by atoms with Crippen molar-refractivity contribution in [2.45, 2.75) is 45.3 Å². The maximum Gasteiger partial charge on any atom is 0.255 e. The van der Waals surface area contributed by atoms with Crippen molar-refractivity contribution < 1.29 is 4.79 Å². The maximum atomic E-state index is 13.0. The summed E-state index contributed by atoms with van der Waals surface area (Å²) in [6.45, 7) is 5.67. The van der Waals surface area contributed by atoms with Gasteiger partial charge in [0, 0.05) is 19.1 Å². The van der Waals surface area contributed by atoms with E-state index in [1.54, 1.807) is 6.20 Å². The zero-order valence-electron chi connectivity index (χ0n) is 17.6. The first-order chi connectivity index (χ1) is 14.7. The third-order valence-electron chi connectivity index (χ3n) is 5.79. The molecule has 1 saturated heterocycles. The molecule has 30 heavy (non-hydrogen) atoms. The van der Waals surface area contributed by atoms with E-state index in [1.807, 2.05) is 28.9 Å². The molecular weight excluding hydrogens is 372 g/mol. The van der Waals surface area contributed by atoms with E-state index in [4.69, 9.17) is 0 Å². The normalized spacial score (nSPS) is 17.0. The highest BCUT2D eigenvalue weighted by Crippen LogP contribution is 2.16. The van der Waals surface area contributed by atoms with Crippen LogP contribution in [0, 0.1) is 0 Å². The topological polar surface area (TPSA) is 50.2 Å². The molecule has 1 aromatic heterocycles. The zero-order chi connectivity index (χ0) is 20.8. The van der Waals surface area contributed by atoms with Gasteiger partial charge in [-0.15, -0.1) is 0 Å². The van der Waals surface area contributed by atoms with Gasteiger partial charge in [0.2, 0.25) is 0 Å².